The number of carbonyl (C=O) groups is 3. The minimum Gasteiger partial charge on any atom is -0.480 e. The third-order valence-corrected chi connectivity index (χ3v) is 2.75. The summed E-state index contributed by atoms with van der Waals surface area (Å²) in [5.74, 6) is -1.63. The Balaban J connectivity index is 4.44. The van der Waals surface area contributed by atoms with Crippen LogP contribution in [0, 0.1) is 5.92 Å². The van der Waals surface area contributed by atoms with Gasteiger partial charge in [-0.15, -0.1) is 0 Å². The van der Waals surface area contributed by atoms with Gasteiger partial charge in [0, 0.05) is 7.05 Å². The predicted octanol–water partition coefficient (Wildman–Crippen LogP) is -0.0806. The number of hydrogen-bond donors (Lipinski definition) is 4. The van der Waals surface area contributed by atoms with E-state index in [1.54, 1.807) is 6.92 Å². The van der Waals surface area contributed by atoms with Crippen LogP contribution in [0.25, 0.3) is 0 Å². The fraction of sp³-hybridized carbons (Fsp3) is 0.727. The maximum absolute atomic E-state index is 11.5. The van der Waals surface area contributed by atoms with E-state index >= 15 is 0 Å². The highest BCUT2D eigenvalue weighted by atomic mass is 16.4. The Morgan fingerprint density at radius 3 is 2.11 bits per heavy atom. The van der Waals surface area contributed by atoms with E-state index in [-0.39, 0.29) is 11.8 Å². The van der Waals surface area contributed by atoms with Crippen molar-refractivity contribution < 1.29 is 19.5 Å². The van der Waals surface area contributed by atoms with Crippen molar-refractivity contribution in [3.05, 3.63) is 0 Å². The van der Waals surface area contributed by atoms with Gasteiger partial charge < -0.3 is 21.1 Å². The van der Waals surface area contributed by atoms with Crippen molar-refractivity contribution in [2.45, 2.75) is 39.3 Å². The van der Waals surface area contributed by atoms with Gasteiger partial charge in [-0.25, -0.2) is 9.59 Å². The SMILES string of the molecule is CCC(C)C(NC(=O)NC(C)C(=O)NC)C(=O)O. The molecule has 0 aliphatic rings. The van der Waals surface area contributed by atoms with E-state index in [2.05, 4.69) is 16.0 Å². The molecule has 0 aliphatic carbocycles. The normalized spacial score (nSPS) is 15.1. The first-order valence-corrected chi connectivity index (χ1v) is 5.84. The fourth-order valence-electron chi connectivity index (χ4n) is 1.34. The number of urea groups is 1. The lowest BCUT2D eigenvalue weighted by Gasteiger charge is -2.21. The molecule has 0 aromatic rings. The molecule has 4 N–H and O–H groups in total. The molecule has 0 aromatic carbocycles. The lowest BCUT2D eigenvalue weighted by atomic mass is 9.99. The number of carbonyl (C=O) groups excluding carboxylic acids is 2. The summed E-state index contributed by atoms with van der Waals surface area (Å²) in [6.45, 7) is 5.09. The molecule has 18 heavy (non-hydrogen) atoms. The van der Waals surface area contributed by atoms with Gasteiger partial charge in [0.2, 0.25) is 5.91 Å². The Kier molecular flexibility index (Phi) is 6.77. The van der Waals surface area contributed by atoms with Crippen LogP contribution in [0.4, 0.5) is 4.79 Å². The second kappa shape index (κ2) is 7.52. The van der Waals surface area contributed by atoms with Crippen LogP contribution < -0.4 is 16.0 Å². The van der Waals surface area contributed by atoms with Crippen LogP contribution in [0.2, 0.25) is 0 Å². The van der Waals surface area contributed by atoms with Crippen molar-refractivity contribution in [2.75, 3.05) is 7.05 Å². The zero-order valence-electron chi connectivity index (χ0n) is 11.1. The average Bonchev–Trinajstić information content (AvgIpc) is 2.33. The van der Waals surface area contributed by atoms with Gasteiger partial charge in [0.05, 0.1) is 0 Å². The number of nitrogens with one attached hydrogen (secondary N) is 3. The Labute approximate surface area is 106 Å². The number of rotatable bonds is 6. The van der Waals surface area contributed by atoms with Crippen molar-refractivity contribution >= 4 is 17.9 Å². The van der Waals surface area contributed by atoms with Gasteiger partial charge in [0.15, 0.2) is 0 Å². The quantitative estimate of drug-likeness (QED) is 0.535. The van der Waals surface area contributed by atoms with Crippen molar-refractivity contribution in [2.24, 2.45) is 5.92 Å². The zero-order chi connectivity index (χ0) is 14.3. The molecule has 3 unspecified atom stereocenters. The van der Waals surface area contributed by atoms with Gasteiger partial charge in [-0.3, -0.25) is 4.79 Å². The molecule has 3 atom stereocenters. The number of likely N-dealkylation sites (N-methyl/N-ethyl adjacent to an activating group) is 1. The first-order chi connectivity index (χ1) is 8.33. The van der Waals surface area contributed by atoms with Crippen molar-refractivity contribution in [1.29, 1.82) is 0 Å². The first kappa shape index (κ1) is 16.2. The van der Waals surface area contributed by atoms with E-state index in [0.717, 1.165) is 0 Å². The molecule has 0 aromatic heterocycles. The lowest BCUT2D eigenvalue weighted by Crippen LogP contribution is -2.53. The molecule has 3 amide bonds. The molecule has 0 spiro atoms. The average molecular weight is 259 g/mol. The van der Waals surface area contributed by atoms with Gasteiger partial charge >= 0.3 is 12.0 Å². The molecule has 0 saturated carbocycles. The highest BCUT2D eigenvalue weighted by Crippen LogP contribution is 2.07. The number of amides is 3. The molecule has 104 valence electrons. The van der Waals surface area contributed by atoms with Crippen LogP contribution in [0.15, 0.2) is 0 Å². The minimum absolute atomic E-state index is 0.191. The van der Waals surface area contributed by atoms with Crippen LogP contribution in [-0.2, 0) is 9.59 Å². The van der Waals surface area contributed by atoms with E-state index in [1.807, 2.05) is 6.92 Å². The van der Waals surface area contributed by atoms with Crippen molar-refractivity contribution in [3.8, 4) is 0 Å². The molecule has 0 bridgehead atoms. The van der Waals surface area contributed by atoms with E-state index in [4.69, 9.17) is 5.11 Å². The third kappa shape index (κ3) is 5.03. The molecular weight excluding hydrogens is 238 g/mol. The summed E-state index contributed by atoms with van der Waals surface area (Å²) in [4.78, 5) is 33.7. The summed E-state index contributed by atoms with van der Waals surface area (Å²) in [6.07, 6.45) is 0.627. The largest absolute Gasteiger partial charge is 0.480 e. The molecular formula is C11H21N3O4. The second-order valence-electron chi connectivity index (χ2n) is 4.16. The van der Waals surface area contributed by atoms with E-state index in [0.29, 0.717) is 6.42 Å². The summed E-state index contributed by atoms with van der Waals surface area (Å²) in [5, 5.41) is 16.1. The molecule has 0 radical (unpaired) electrons. The second-order valence-corrected chi connectivity index (χ2v) is 4.16. The van der Waals surface area contributed by atoms with Crippen LogP contribution in [-0.4, -0.2) is 42.1 Å². The highest BCUT2D eigenvalue weighted by Gasteiger charge is 2.26. The highest BCUT2D eigenvalue weighted by molar-refractivity contribution is 5.88. The van der Waals surface area contributed by atoms with E-state index in [9.17, 15) is 14.4 Å². The smallest absolute Gasteiger partial charge is 0.326 e. The first-order valence-electron chi connectivity index (χ1n) is 5.84. The lowest BCUT2D eigenvalue weighted by molar-refractivity contribution is -0.140. The van der Waals surface area contributed by atoms with Crippen molar-refractivity contribution in [1.82, 2.24) is 16.0 Å². The number of carboxylic acids is 1. The van der Waals surface area contributed by atoms with E-state index < -0.39 is 24.1 Å². The van der Waals surface area contributed by atoms with Gasteiger partial charge in [0.1, 0.15) is 12.1 Å². The maximum atomic E-state index is 11.5. The maximum Gasteiger partial charge on any atom is 0.326 e. The van der Waals surface area contributed by atoms with Gasteiger partial charge in [0.25, 0.3) is 0 Å². The monoisotopic (exact) mass is 259 g/mol. The standard InChI is InChI=1S/C11H21N3O4/c1-5-6(2)8(10(16)17)14-11(18)13-7(3)9(15)12-4/h6-8H,5H2,1-4H3,(H,12,15)(H,16,17)(H2,13,14,18). The number of carboxylic acid groups (broad SMARTS) is 1. The van der Waals surface area contributed by atoms with Gasteiger partial charge in [-0.2, -0.15) is 0 Å². The third-order valence-electron chi connectivity index (χ3n) is 2.75. The minimum atomic E-state index is -1.09. The van der Waals surface area contributed by atoms with Crippen molar-refractivity contribution in [3.63, 3.8) is 0 Å². The Bertz CT molecular complexity index is 319. The molecule has 0 aliphatic heterocycles. The number of aliphatic carboxylic acids is 1. The molecule has 7 heteroatoms. The van der Waals surface area contributed by atoms with Crippen LogP contribution in [0.5, 0.6) is 0 Å². The zero-order valence-corrected chi connectivity index (χ0v) is 11.1. The summed E-state index contributed by atoms with van der Waals surface area (Å²) in [7, 11) is 1.46. The molecule has 0 saturated heterocycles. The Morgan fingerprint density at radius 2 is 1.72 bits per heavy atom. The predicted molar refractivity (Wildman–Crippen MR) is 66.1 cm³/mol. The molecule has 0 fully saturated rings. The molecule has 0 heterocycles. The Morgan fingerprint density at radius 1 is 1.17 bits per heavy atom. The summed E-state index contributed by atoms with van der Waals surface area (Å²) in [5.41, 5.74) is 0. The van der Waals surface area contributed by atoms with Gasteiger partial charge in [-0.1, -0.05) is 20.3 Å². The summed E-state index contributed by atoms with van der Waals surface area (Å²) in [6, 6.07) is -2.35. The fourth-order valence-corrected chi connectivity index (χ4v) is 1.34. The topological polar surface area (TPSA) is 108 Å². The summed E-state index contributed by atoms with van der Waals surface area (Å²) >= 11 is 0. The van der Waals surface area contributed by atoms with Gasteiger partial charge in [-0.05, 0) is 12.8 Å². The van der Waals surface area contributed by atoms with Crippen LogP contribution in [0.3, 0.4) is 0 Å². The number of hydrogen-bond acceptors (Lipinski definition) is 3. The summed E-state index contributed by atoms with van der Waals surface area (Å²) < 4.78 is 0. The van der Waals surface area contributed by atoms with Crippen LogP contribution >= 0.6 is 0 Å². The molecule has 7 nitrogen and oxygen atoms in total. The van der Waals surface area contributed by atoms with Crippen LogP contribution in [0.1, 0.15) is 27.2 Å². The van der Waals surface area contributed by atoms with E-state index in [1.165, 1.54) is 14.0 Å². The molecule has 0 rings (SSSR count). The Hall–Kier alpha value is -1.79.